The van der Waals surface area contributed by atoms with Crippen molar-refractivity contribution in [2.75, 3.05) is 13.1 Å². The van der Waals surface area contributed by atoms with E-state index in [1.165, 1.54) is 0 Å². The van der Waals surface area contributed by atoms with Crippen molar-refractivity contribution in [3.8, 4) is 0 Å². The maximum Gasteiger partial charge on any atom is 0.246 e. The predicted molar refractivity (Wildman–Crippen MR) is 34.2 cm³/mol. The molecule has 9 heavy (non-hydrogen) atoms. The van der Waals surface area contributed by atoms with Crippen LogP contribution in [0.3, 0.4) is 0 Å². The Bertz CT molecular complexity index is 93.0. The van der Waals surface area contributed by atoms with Crippen molar-refractivity contribution < 1.29 is 8.78 Å². The molecule has 0 amide bonds. The molecule has 0 aromatic rings. The van der Waals surface area contributed by atoms with Crippen molar-refractivity contribution >= 4 is 12.4 Å². The molecule has 0 aliphatic carbocycles. The summed E-state index contributed by atoms with van der Waals surface area (Å²) in [7, 11) is 0. The summed E-state index contributed by atoms with van der Waals surface area (Å²) >= 11 is 0. The summed E-state index contributed by atoms with van der Waals surface area (Å²) in [5.74, 6) is 0. The molecule has 1 rings (SSSR count). The maximum atomic E-state index is 11.8. The first kappa shape index (κ1) is 9.11. The second-order valence-corrected chi connectivity index (χ2v) is 2.56. The second-order valence-electron chi connectivity index (χ2n) is 2.56. The fraction of sp³-hybridized carbons (Fsp3) is 1.00. The number of halogens is 3. The summed E-state index contributed by atoms with van der Waals surface area (Å²) in [4.78, 5) is 0. The van der Waals surface area contributed by atoms with E-state index in [2.05, 4.69) is 5.32 Å². The van der Waals surface area contributed by atoms with Gasteiger partial charge in [0.05, 0.1) is 5.41 Å². The molecule has 0 saturated carbocycles. The van der Waals surface area contributed by atoms with E-state index in [0.29, 0.717) is 13.1 Å². The molecule has 0 bridgehead atoms. The summed E-state index contributed by atoms with van der Waals surface area (Å²) in [6.07, 6.45) is -2.16. The van der Waals surface area contributed by atoms with Crippen molar-refractivity contribution in [1.29, 1.82) is 0 Å². The molecule has 0 atom stereocenters. The Balaban J connectivity index is 0.000000640. The van der Waals surface area contributed by atoms with Gasteiger partial charge in [0, 0.05) is 13.1 Å². The smallest absolute Gasteiger partial charge is 0.246 e. The van der Waals surface area contributed by atoms with E-state index in [9.17, 15) is 8.78 Å². The van der Waals surface area contributed by atoms with Gasteiger partial charge in [-0.2, -0.15) is 0 Å². The van der Waals surface area contributed by atoms with Gasteiger partial charge in [-0.15, -0.1) is 12.4 Å². The molecule has 1 nitrogen and oxygen atoms in total. The third kappa shape index (κ3) is 1.52. The second kappa shape index (κ2) is 2.80. The lowest BCUT2D eigenvalue weighted by atomic mass is 9.85. The van der Waals surface area contributed by atoms with Gasteiger partial charge in [0.2, 0.25) is 6.43 Å². The molecule has 1 heterocycles. The number of rotatable bonds is 1. The van der Waals surface area contributed by atoms with E-state index in [1.807, 2.05) is 0 Å². The highest BCUT2D eigenvalue weighted by molar-refractivity contribution is 5.85. The van der Waals surface area contributed by atoms with Crippen LogP contribution in [-0.2, 0) is 0 Å². The fourth-order valence-electron chi connectivity index (χ4n) is 0.674. The predicted octanol–water partition coefficient (Wildman–Crippen LogP) is 1.28. The first-order valence-electron chi connectivity index (χ1n) is 2.64. The van der Waals surface area contributed by atoms with Crippen molar-refractivity contribution in [3.05, 3.63) is 0 Å². The Labute approximate surface area is 59.2 Å². The van der Waals surface area contributed by atoms with Crippen LogP contribution in [-0.4, -0.2) is 19.5 Å². The number of hydrogen-bond acceptors (Lipinski definition) is 1. The minimum atomic E-state index is -2.16. The lowest BCUT2D eigenvalue weighted by Crippen LogP contribution is -2.55. The van der Waals surface area contributed by atoms with E-state index in [0.717, 1.165) is 0 Å². The number of alkyl halides is 2. The molecule has 4 heteroatoms. The normalized spacial score (nSPS) is 22.7. The number of hydrogen-bond donors (Lipinski definition) is 1. The van der Waals surface area contributed by atoms with Gasteiger partial charge in [-0.05, 0) is 0 Å². The highest BCUT2D eigenvalue weighted by Gasteiger charge is 2.40. The van der Waals surface area contributed by atoms with Crippen LogP contribution in [0.2, 0.25) is 0 Å². The Hall–Kier alpha value is 0.110. The fourth-order valence-corrected chi connectivity index (χ4v) is 0.674. The van der Waals surface area contributed by atoms with Crippen LogP contribution in [0.15, 0.2) is 0 Å². The quantitative estimate of drug-likeness (QED) is 0.605. The Morgan fingerprint density at radius 2 is 1.89 bits per heavy atom. The average Bonchev–Trinajstić information content (AvgIpc) is 1.60. The summed E-state index contributed by atoms with van der Waals surface area (Å²) in [6, 6.07) is 0. The van der Waals surface area contributed by atoms with Crippen molar-refractivity contribution in [3.63, 3.8) is 0 Å². The Morgan fingerprint density at radius 3 is 1.89 bits per heavy atom. The minimum Gasteiger partial charge on any atom is -0.315 e. The van der Waals surface area contributed by atoms with Crippen LogP contribution in [0, 0.1) is 5.41 Å². The summed E-state index contributed by atoms with van der Waals surface area (Å²) in [5.41, 5.74) is -0.722. The van der Waals surface area contributed by atoms with Gasteiger partial charge in [-0.3, -0.25) is 0 Å². The van der Waals surface area contributed by atoms with Gasteiger partial charge in [-0.1, -0.05) is 6.92 Å². The monoisotopic (exact) mass is 157 g/mol. The van der Waals surface area contributed by atoms with Gasteiger partial charge >= 0.3 is 0 Å². The Morgan fingerprint density at radius 1 is 1.44 bits per heavy atom. The van der Waals surface area contributed by atoms with Crippen LogP contribution in [0.5, 0.6) is 0 Å². The van der Waals surface area contributed by atoms with Crippen LogP contribution in [0.4, 0.5) is 8.78 Å². The lowest BCUT2D eigenvalue weighted by molar-refractivity contribution is -0.0276. The van der Waals surface area contributed by atoms with Gasteiger partial charge in [0.15, 0.2) is 0 Å². The molecule has 1 aliphatic heterocycles. The largest absolute Gasteiger partial charge is 0.315 e. The lowest BCUT2D eigenvalue weighted by Gasteiger charge is -2.38. The molecule has 0 unspecified atom stereocenters. The van der Waals surface area contributed by atoms with Crippen LogP contribution < -0.4 is 5.32 Å². The number of nitrogens with one attached hydrogen (secondary N) is 1. The summed E-state index contributed by atoms with van der Waals surface area (Å²) < 4.78 is 23.6. The topological polar surface area (TPSA) is 12.0 Å². The summed E-state index contributed by atoms with van der Waals surface area (Å²) in [5, 5.41) is 2.80. The zero-order valence-corrected chi connectivity index (χ0v) is 5.97. The first-order valence-corrected chi connectivity index (χ1v) is 2.64. The van der Waals surface area contributed by atoms with Gasteiger partial charge < -0.3 is 5.32 Å². The van der Waals surface area contributed by atoms with E-state index >= 15 is 0 Å². The van der Waals surface area contributed by atoms with Crippen molar-refractivity contribution in [1.82, 2.24) is 5.32 Å². The zero-order valence-electron chi connectivity index (χ0n) is 5.16. The van der Waals surface area contributed by atoms with E-state index in [-0.39, 0.29) is 12.4 Å². The molecule has 1 aliphatic rings. The molecular formula is C5H10ClF2N. The van der Waals surface area contributed by atoms with Crippen LogP contribution in [0.1, 0.15) is 6.92 Å². The SMILES string of the molecule is CC1(C(F)F)CNC1.Cl. The third-order valence-electron chi connectivity index (χ3n) is 1.58. The molecule has 0 radical (unpaired) electrons. The molecule has 0 aromatic heterocycles. The zero-order chi connectivity index (χ0) is 6.20. The molecule has 0 aromatic carbocycles. The first-order chi connectivity index (χ1) is 3.65. The molecule has 1 fully saturated rings. The third-order valence-corrected chi connectivity index (χ3v) is 1.58. The van der Waals surface area contributed by atoms with E-state index in [4.69, 9.17) is 0 Å². The average molecular weight is 158 g/mol. The van der Waals surface area contributed by atoms with E-state index < -0.39 is 11.8 Å². The highest BCUT2D eigenvalue weighted by Crippen LogP contribution is 2.28. The molecule has 0 spiro atoms. The maximum absolute atomic E-state index is 11.8. The van der Waals surface area contributed by atoms with Crippen molar-refractivity contribution in [2.24, 2.45) is 5.41 Å². The molecule has 1 N–H and O–H groups in total. The van der Waals surface area contributed by atoms with Gasteiger partial charge in [0.25, 0.3) is 0 Å². The molecule has 1 saturated heterocycles. The Kier molecular flexibility index (Phi) is 2.83. The van der Waals surface area contributed by atoms with Gasteiger partial charge in [0.1, 0.15) is 0 Å². The minimum absolute atomic E-state index is 0. The van der Waals surface area contributed by atoms with Crippen LogP contribution in [0.25, 0.3) is 0 Å². The molecule has 56 valence electrons. The standard InChI is InChI=1S/C5H9F2N.ClH/c1-5(4(6)7)2-8-3-5;/h4,8H,2-3H2,1H3;1H. The highest BCUT2D eigenvalue weighted by atomic mass is 35.5. The van der Waals surface area contributed by atoms with Crippen LogP contribution >= 0.6 is 12.4 Å². The van der Waals surface area contributed by atoms with Crippen molar-refractivity contribution in [2.45, 2.75) is 13.3 Å². The van der Waals surface area contributed by atoms with E-state index in [1.54, 1.807) is 6.92 Å². The summed E-state index contributed by atoms with van der Waals surface area (Å²) in [6.45, 7) is 2.52. The molecular weight excluding hydrogens is 148 g/mol. The van der Waals surface area contributed by atoms with Gasteiger partial charge in [-0.25, -0.2) is 8.78 Å².